The average molecular weight is 476 g/mol. The van der Waals surface area contributed by atoms with E-state index in [1.807, 2.05) is 0 Å². The summed E-state index contributed by atoms with van der Waals surface area (Å²) < 4.78 is 19.2. The van der Waals surface area contributed by atoms with Gasteiger partial charge in [0.05, 0.1) is 0 Å². The summed E-state index contributed by atoms with van der Waals surface area (Å²) in [6.07, 6.45) is 9.87. The normalized spacial score (nSPS) is 18.0. The van der Waals surface area contributed by atoms with E-state index < -0.39 is 5.82 Å². The second kappa shape index (κ2) is 13.3. The largest absolute Gasteiger partial charge is 0.483 e. The van der Waals surface area contributed by atoms with Crippen molar-refractivity contribution < 1.29 is 18.7 Å². The van der Waals surface area contributed by atoms with Crippen LogP contribution in [0.4, 0.5) is 4.39 Å². The molecule has 2 atom stereocenters. The quantitative estimate of drug-likeness (QED) is 0.404. The molecule has 2 amide bonds. The Balaban J connectivity index is 1.47. The number of nitrogens with zero attached hydrogens (tertiary/aromatic N) is 1. The molecule has 0 bridgehead atoms. The standard InChI is InChI=1S/C25H34FN3O3S/c1-2-3-4-5-6-15-23(30)27-19-12-8-9-13-20(19)29-25(31)21-17-33-24(28-21)16-32-22-14-10-7-11-18(22)26/h7,10-11,14,17,19-20H,2-6,8-9,12-13,15-16H2,1H3,(H,27,30)(H,29,31)/t19-,20-/m1/s1. The first-order chi connectivity index (χ1) is 16.1. The molecule has 0 spiro atoms. The minimum absolute atomic E-state index is 0.0478. The van der Waals surface area contributed by atoms with Crippen molar-refractivity contribution in [3.05, 3.63) is 46.2 Å². The maximum Gasteiger partial charge on any atom is 0.271 e. The van der Waals surface area contributed by atoms with Gasteiger partial charge in [-0.05, 0) is 31.4 Å². The maximum atomic E-state index is 13.7. The molecule has 0 radical (unpaired) electrons. The summed E-state index contributed by atoms with van der Waals surface area (Å²) in [4.78, 5) is 29.5. The van der Waals surface area contributed by atoms with Gasteiger partial charge in [0.2, 0.25) is 5.91 Å². The van der Waals surface area contributed by atoms with Crippen LogP contribution in [0.2, 0.25) is 0 Å². The Hall–Kier alpha value is -2.48. The number of unbranched alkanes of at least 4 members (excludes halogenated alkanes) is 4. The highest BCUT2D eigenvalue weighted by molar-refractivity contribution is 7.09. The fraction of sp³-hybridized carbons (Fsp3) is 0.560. The van der Waals surface area contributed by atoms with Crippen LogP contribution in [-0.2, 0) is 11.4 Å². The van der Waals surface area contributed by atoms with E-state index in [-0.39, 0.29) is 36.3 Å². The molecule has 1 aromatic heterocycles. The number of amides is 2. The zero-order chi connectivity index (χ0) is 23.5. The molecule has 1 aliphatic rings. The summed E-state index contributed by atoms with van der Waals surface area (Å²) in [5.41, 5.74) is 0.318. The molecule has 2 aromatic rings. The van der Waals surface area contributed by atoms with Crippen LogP contribution in [-0.4, -0.2) is 28.9 Å². The molecule has 8 heteroatoms. The van der Waals surface area contributed by atoms with Crippen LogP contribution < -0.4 is 15.4 Å². The van der Waals surface area contributed by atoms with Crippen molar-refractivity contribution in [2.75, 3.05) is 0 Å². The van der Waals surface area contributed by atoms with Crippen molar-refractivity contribution in [2.45, 2.75) is 89.8 Å². The molecular weight excluding hydrogens is 441 g/mol. The molecule has 1 saturated carbocycles. The molecule has 2 N–H and O–H groups in total. The zero-order valence-electron chi connectivity index (χ0n) is 19.3. The number of thiazole rings is 1. The van der Waals surface area contributed by atoms with Crippen LogP contribution in [0, 0.1) is 5.82 Å². The van der Waals surface area contributed by atoms with Gasteiger partial charge in [-0.3, -0.25) is 9.59 Å². The van der Waals surface area contributed by atoms with E-state index in [4.69, 9.17) is 4.74 Å². The first kappa shape index (κ1) is 25.1. The van der Waals surface area contributed by atoms with Crippen molar-refractivity contribution in [1.29, 1.82) is 0 Å². The molecule has 3 rings (SSSR count). The molecule has 0 saturated heterocycles. The van der Waals surface area contributed by atoms with Gasteiger partial charge in [-0.25, -0.2) is 9.37 Å². The summed E-state index contributed by atoms with van der Waals surface area (Å²) in [5, 5.41) is 8.48. The van der Waals surface area contributed by atoms with Gasteiger partial charge in [0.25, 0.3) is 5.91 Å². The Morgan fingerprint density at radius 1 is 1.09 bits per heavy atom. The van der Waals surface area contributed by atoms with Crippen LogP contribution in [0.3, 0.4) is 0 Å². The van der Waals surface area contributed by atoms with Gasteiger partial charge < -0.3 is 15.4 Å². The molecule has 6 nitrogen and oxygen atoms in total. The molecule has 33 heavy (non-hydrogen) atoms. The van der Waals surface area contributed by atoms with Gasteiger partial charge in [0, 0.05) is 23.9 Å². The second-order valence-corrected chi connectivity index (χ2v) is 9.49. The molecular formula is C25H34FN3O3S. The van der Waals surface area contributed by atoms with Gasteiger partial charge in [0.15, 0.2) is 11.6 Å². The van der Waals surface area contributed by atoms with Crippen molar-refractivity contribution in [1.82, 2.24) is 15.6 Å². The monoisotopic (exact) mass is 475 g/mol. The highest BCUT2D eigenvalue weighted by Gasteiger charge is 2.28. The van der Waals surface area contributed by atoms with E-state index in [9.17, 15) is 14.0 Å². The van der Waals surface area contributed by atoms with Crippen LogP contribution in [0.1, 0.15) is 86.6 Å². The smallest absolute Gasteiger partial charge is 0.271 e. The molecule has 1 fully saturated rings. The SMILES string of the molecule is CCCCCCCC(=O)N[C@@H]1CCCC[C@H]1NC(=O)c1csc(COc2ccccc2F)n1. The molecule has 0 aliphatic heterocycles. The first-order valence-corrected chi connectivity index (χ1v) is 12.9. The van der Waals surface area contributed by atoms with Crippen molar-refractivity contribution in [3.8, 4) is 5.75 Å². The number of benzene rings is 1. The predicted octanol–water partition coefficient (Wildman–Crippen LogP) is 5.38. The van der Waals surface area contributed by atoms with E-state index in [2.05, 4.69) is 22.5 Å². The number of halogens is 1. The molecule has 1 aromatic carbocycles. The molecule has 1 heterocycles. The summed E-state index contributed by atoms with van der Waals surface area (Å²) in [6, 6.07) is 6.04. The third-order valence-electron chi connectivity index (χ3n) is 5.91. The highest BCUT2D eigenvalue weighted by atomic mass is 32.1. The highest BCUT2D eigenvalue weighted by Crippen LogP contribution is 2.21. The van der Waals surface area contributed by atoms with E-state index in [0.717, 1.165) is 38.5 Å². The number of nitrogens with one attached hydrogen (secondary N) is 2. The third kappa shape index (κ3) is 8.11. The van der Waals surface area contributed by atoms with E-state index in [0.29, 0.717) is 17.1 Å². The fourth-order valence-corrected chi connectivity index (χ4v) is 4.75. The average Bonchev–Trinajstić information content (AvgIpc) is 3.29. The van der Waals surface area contributed by atoms with Crippen molar-refractivity contribution >= 4 is 23.2 Å². The number of ether oxygens (including phenoxy) is 1. The van der Waals surface area contributed by atoms with Crippen LogP contribution in [0.25, 0.3) is 0 Å². The number of para-hydroxylation sites is 1. The minimum atomic E-state index is -0.432. The number of aromatic nitrogens is 1. The Morgan fingerprint density at radius 3 is 2.58 bits per heavy atom. The Kier molecular flexibility index (Phi) is 10.1. The molecule has 180 valence electrons. The minimum Gasteiger partial charge on any atom is -0.483 e. The number of rotatable bonds is 12. The summed E-state index contributed by atoms with van der Waals surface area (Å²) in [5.74, 6) is -0.462. The molecule has 0 unspecified atom stereocenters. The lowest BCUT2D eigenvalue weighted by Gasteiger charge is -2.32. The Labute approximate surface area is 199 Å². The van der Waals surface area contributed by atoms with E-state index in [1.54, 1.807) is 23.6 Å². The van der Waals surface area contributed by atoms with Gasteiger partial charge in [-0.15, -0.1) is 11.3 Å². The Bertz CT molecular complexity index is 905. The Morgan fingerprint density at radius 2 is 1.82 bits per heavy atom. The zero-order valence-corrected chi connectivity index (χ0v) is 20.1. The first-order valence-electron chi connectivity index (χ1n) is 12.0. The fourth-order valence-electron chi connectivity index (χ4n) is 4.07. The van der Waals surface area contributed by atoms with E-state index >= 15 is 0 Å². The van der Waals surface area contributed by atoms with E-state index in [1.165, 1.54) is 36.7 Å². The van der Waals surface area contributed by atoms with Crippen molar-refractivity contribution in [3.63, 3.8) is 0 Å². The van der Waals surface area contributed by atoms with Crippen molar-refractivity contribution in [2.24, 2.45) is 0 Å². The number of hydrogen-bond acceptors (Lipinski definition) is 5. The summed E-state index contributed by atoms with van der Waals surface area (Å²) in [6.45, 7) is 2.27. The number of hydrogen-bond donors (Lipinski definition) is 2. The van der Waals surface area contributed by atoms with Gasteiger partial charge in [0.1, 0.15) is 17.3 Å². The van der Waals surface area contributed by atoms with Crippen LogP contribution in [0.5, 0.6) is 5.75 Å². The topological polar surface area (TPSA) is 80.3 Å². The lowest BCUT2D eigenvalue weighted by Crippen LogP contribution is -2.53. The summed E-state index contributed by atoms with van der Waals surface area (Å²) >= 11 is 1.30. The third-order valence-corrected chi connectivity index (χ3v) is 6.73. The number of carbonyl (C=O) groups excluding carboxylic acids is 2. The van der Waals surface area contributed by atoms with Crippen LogP contribution in [0.15, 0.2) is 29.6 Å². The van der Waals surface area contributed by atoms with Gasteiger partial charge >= 0.3 is 0 Å². The van der Waals surface area contributed by atoms with Crippen LogP contribution >= 0.6 is 11.3 Å². The van der Waals surface area contributed by atoms with Gasteiger partial charge in [-0.1, -0.05) is 57.6 Å². The molecule has 1 aliphatic carbocycles. The maximum absolute atomic E-state index is 13.7. The lowest BCUT2D eigenvalue weighted by molar-refractivity contribution is -0.122. The predicted molar refractivity (Wildman–Crippen MR) is 128 cm³/mol. The van der Waals surface area contributed by atoms with Gasteiger partial charge in [-0.2, -0.15) is 0 Å². The number of carbonyl (C=O) groups is 2. The lowest BCUT2D eigenvalue weighted by atomic mass is 9.90. The summed E-state index contributed by atoms with van der Waals surface area (Å²) in [7, 11) is 0. The second-order valence-electron chi connectivity index (χ2n) is 8.55.